The van der Waals surface area contributed by atoms with Crippen molar-refractivity contribution in [2.45, 2.75) is 43.3 Å². The van der Waals surface area contributed by atoms with Crippen LogP contribution in [0.4, 0.5) is 0 Å². The minimum Gasteiger partial charge on any atom is -0.379 e. The largest absolute Gasteiger partial charge is 0.379 e. The molecule has 0 aliphatic carbocycles. The van der Waals surface area contributed by atoms with E-state index in [4.69, 9.17) is 44.3 Å². The molecule has 38 heavy (non-hydrogen) atoms. The van der Waals surface area contributed by atoms with Crippen molar-refractivity contribution in [3.05, 3.63) is 62.6 Å². The third-order valence-corrected chi connectivity index (χ3v) is 9.76. The monoisotopic (exact) mass is 603 g/mol. The highest BCUT2D eigenvalue weighted by Crippen LogP contribution is 2.36. The molecule has 0 bridgehead atoms. The summed E-state index contributed by atoms with van der Waals surface area (Å²) in [4.78, 5) is 14.6. The number of amides is 1. The van der Waals surface area contributed by atoms with E-state index in [-0.39, 0.29) is 39.1 Å². The standard InChI is InChI=1S/C26H32Cl3N3O5S/c27-21-13-23(28)26(24(29)14-21)38(34,35)32-8-2-1-3-22(32)17-37-18-25(33)30-15-19-4-6-20(7-5-19)16-31-9-11-36-12-10-31/h4-7,13-14,22H,1-3,8-12,15-18H2,(H,30,33). The molecule has 1 N–H and O–H groups in total. The fourth-order valence-corrected chi connectivity index (χ4v) is 7.84. The predicted octanol–water partition coefficient (Wildman–Crippen LogP) is 4.36. The third-order valence-electron chi connectivity index (χ3n) is 6.67. The van der Waals surface area contributed by atoms with Crippen LogP contribution in [-0.4, -0.2) is 75.6 Å². The fraction of sp³-hybridized carbons (Fsp3) is 0.500. The van der Waals surface area contributed by atoms with Crippen LogP contribution in [0.2, 0.25) is 15.1 Å². The van der Waals surface area contributed by atoms with Crippen molar-refractivity contribution in [3.63, 3.8) is 0 Å². The lowest BCUT2D eigenvalue weighted by atomic mass is 10.1. The van der Waals surface area contributed by atoms with Gasteiger partial charge in [0.15, 0.2) is 0 Å². The topological polar surface area (TPSA) is 88.2 Å². The summed E-state index contributed by atoms with van der Waals surface area (Å²) >= 11 is 18.4. The Balaban J connectivity index is 1.25. The molecular formula is C26H32Cl3N3O5S. The Kier molecular flexibility index (Phi) is 10.7. The number of rotatable bonds is 10. The number of nitrogens with one attached hydrogen (secondary N) is 1. The minimum absolute atomic E-state index is 0.0266. The maximum Gasteiger partial charge on any atom is 0.246 e. The van der Waals surface area contributed by atoms with E-state index < -0.39 is 16.1 Å². The maximum atomic E-state index is 13.4. The smallest absolute Gasteiger partial charge is 0.246 e. The van der Waals surface area contributed by atoms with Gasteiger partial charge in [-0.1, -0.05) is 65.5 Å². The number of morpholine rings is 1. The van der Waals surface area contributed by atoms with E-state index >= 15 is 0 Å². The van der Waals surface area contributed by atoms with Gasteiger partial charge in [-0.2, -0.15) is 4.31 Å². The average Bonchev–Trinajstić information content (AvgIpc) is 2.88. The van der Waals surface area contributed by atoms with E-state index in [1.165, 1.54) is 22.0 Å². The highest BCUT2D eigenvalue weighted by atomic mass is 35.5. The molecule has 0 saturated carbocycles. The Morgan fingerprint density at radius 2 is 1.66 bits per heavy atom. The Morgan fingerprint density at radius 1 is 1.00 bits per heavy atom. The molecule has 0 spiro atoms. The van der Waals surface area contributed by atoms with E-state index in [2.05, 4.69) is 22.3 Å². The second-order valence-electron chi connectivity index (χ2n) is 9.46. The second kappa shape index (κ2) is 13.8. The number of hydrogen-bond acceptors (Lipinski definition) is 6. The molecule has 0 radical (unpaired) electrons. The number of carbonyl (C=O) groups excluding carboxylic acids is 1. The van der Waals surface area contributed by atoms with Crippen molar-refractivity contribution >= 4 is 50.7 Å². The lowest BCUT2D eigenvalue weighted by Gasteiger charge is -2.34. The third kappa shape index (κ3) is 7.82. The molecule has 12 heteroatoms. The summed E-state index contributed by atoms with van der Waals surface area (Å²) in [5.74, 6) is -0.267. The Morgan fingerprint density at radius 3 is 2.34 bits per heavy atom. The molecule has 0 aromatic heterocycles. The number of ether oxygens (including phenoxy) is 2. The summed E-state index contributed by atoms with van der Waals surface area (Å²) in [5, 5.41) is 3.06. The van der Waals surface area contributed by atoms with Crippen molar-refractivity contribution < 1.29 is 22.7 Å². The summed E-state index contributed by atoms with van der Waals surface area (Å²) in [6.45, 7) is 4.92. The molecular weight excluding hydrogens is 573 g/mol. The van der Waals surface area contributed by atoms with Crippen LogP contribution in [0, 0.1) is 0 Å². The highest BCUT2D eigenvalue weighted by molar-refractivity contribution is 7.89. The number of benzene rings is 2. The summed E-state index contributed by atoms with van der Waals surface area (Å²) in [5.41, 5.74) is 2.21. The van der Waals surface area contributed by atoms with Crippen LogP contribution in [-0.2, 0) is 37.4 Å². The van der Waals surface area contributed by atoms with Crippen LogP contribution < -0.4 is 5.32 Å². The normalized spacial score (nSPS) is 19.4. The molecule has 2 aromatic carbocycles. The number of nitrogens with zero attached hydrogens (tertiary/aromatic N) is 2. The van der Waals surface area contributed by atoms with Gasteiger partial charge < -0.3 is 14.8 Å². The SMILES string of the molecule is O=C(COCC1CCCCN1S(=O)(=O)c1c(Cl)cc(Cl)cc1Cl)NCc1ccc(CN2CCOCC2)cc1. The van der Waals surface area contributed by atoms with Gasteiger partial charge in [0.05, 0.1) is 29.9 Å². The van der Waals surface area contributed by atoms with Crippen LogP contribution in [0.25, 0.3) is 0 Å². The summed E-state index contributed by atoms with van der Waals surface area (Å²) < 4.78 is 39.2. The Hall–Kier alpha value is -1.43. The van der Waals surface area contributed by atoms with E-state index in [0.29, 0.717) is 25.9 Å². The first-order valence-electron chi connectivity index (χ1n) is 12.6. The zero-order chi connectivity index (χ0) is 27.1. The lowest BCUT2D eigenvalue weighted by Crippen LogP contribution is -2.46. The van der Waals surface area contributed by atoms with E-state index in [1.807, 2.05) is 12.1 Å². The highest BCUT2D eigenvalue weighted by Gasteiger charge is 2.36. The second-order valence-corrected chi connectivity index (χ2v) is 12.5. The quantitative estimate of drug-likeness (QED) is 0.434. The van der Waals surface area contributed by atoms with Crippen molar-refractivity contribution in [1.82, 2.24) is 14.5 Å². The first-order chi connectivity index (χ1) is 18.2. The molecule has 2 aliphatic rings. The van der Waals surface area contributed by atoms with Gasteiger partial charge in [-0.3, -0.25) is 9.69 Å². The molecule has 208 valence electrons. The van der Waals surface area contributed by atoms with E-state index in [0.717, 1.165) is 44.8 Å². The number of sulfonamides is 1. The Bertz CT molecular complexity index is 1180. The van der Waals surface area contributed by atoms with Gasteiger partial charge in [-0.25, -0.2) is 8.42 Å². The van der Waals surface area contributed by atoms with Gasteiger partial charge in [0.2, 0.25) is 15.9 Å². The molecule has 1 unspecified atom stereocenters. The maximum absolute atomic E-state index is 13.4. The van der Waals surface area contributed by atoms with Crippen molar-refractivity contribution in [1.29, 1.82) is 0 Å². The summed E-state index contributed by atoms with van der Waals surface area (Å²) in [7, 11) is -3.98. The first-order valence-corrected chi connectivity index (χ1v) is 15.2. The molecule has 4 rings (SSSR count). The zero-order valence-electron chi connectivity index (χ0n) is 21.0. The van der Waals surface area contributed by atoms with Crippen LogP contribution in [0.15, 0.2) is 41.3 Å². The number of hydrogen-bond donors (Lipinski definition) is 1. The van der Waals surface area contributed by atoms with E-state index in [9.17, 15) is 13.2 Å². The number of piperidine rings is 1. The minimum atomic E-state index is -3.98. The molecule has 8 nitrogen and oxygen atoms in total. The van der Waals surface area contributed by atoms with Crippen molar-refractivity contribution in [2.75, 3.05) is 46.1 Å². The summed E-state index contributed by atoms with van der Waals surface area (Å²) in [6.07, 6.45) is 2.18. The molecule has 2 heterocycles. The van der Waals surface area contributed by atoms with Gasteiger partial charge in [0.25, 0.3) is 0 Å². The van der Waals surface area contributed by atoms with Gasteiger partial charge in [0.1, 0.15) is 11.5 Å². The predicted molar refractivity (Wildman–Crippen MR) is 148 cm³/mol. The van der Waals surface area contributed by atoms with Gasteiger partial charge >= 0.3 is 0 Å². The van der Waals surface area contributed by atoms with Crippen molar-refractivity contribution in [3.8, 4) is 0 Å². The van der Waals surface area contributed by atoms with Gasteiger partial charge in [-0.05, 0) is 36.1 Å². The first kappa shape index (κ1) is 29.6. The Labute approximate surface area is 239 Å². The zero-order valence-corrected chi connectivity index (χ0v) is 24.1. The summed E-state index contributed by atoms with van der Waals surface area (Å²) in [6, 6.07) is 10.5. The number of halogens is 3. The molecule has 2 aliphatic heterocycles. The van der Waals surface area contributed by atoms with Crippen LogP contribution in [0.3, 0.4) is 0 Å². The average molecular weight is 605 g/mol. The van der Waals surface area contributed by atoms with Gasteiger partial charge in [-0.15, -0.1) is 0 Å². The molecule has 2 saturated heterocycles. The van der Waals surface area contributed by atoms with Crippen LogP contribution in [0.1, 0.15) is 30.4 Å². The molecule has 2 aromatic rings. The van der Waals surface area contributed by atoms with Crippen molar-refractivity contribution in [2.24, 2.45) is 0 Å². The van der Waals surface area contributed by atoms with E-state index in [1.54, 1.807) is 0 Å². The number of carbonyl (C=O) groups is 1. The molecule has 2 fully saturated rings. The fourth-order valence-electron chi connectivity index (χ4n) is 4.67. The lowest BCUT2D eigenvalue weighted by molar-refractivity contribution is -0.126. The molecule has 1 amide bonds. The van der Waals surface area contributed by atoms with Crippen LogP contribution >= 0.6 is 34.8 Å². The van der Waals surface area contributed by atoms with Gasteiger partial charge in [0, 0.05) is 43.8 Å². The van der Waals surface area contributed by atoms with Crippen LogP contribution in [0.5, 0.6) is 0 Å². The molecule has 1 atom stereocenters.